The van der Waals surface area contributed by atoms with E-state index in [0.29, 0.717) is 0 Å². The minimum absolute atomic E-state index is 0.239. The zero-order valence-electron chi connectivity index (χ0n) is 11.9. The van der Waals surface area contributed by atoms with Crippen molar-refractivity contribution >= 4 is 11.8 Å². The minimum atomic E-state index is -0.239. The first-order valence-electron chi connectivity index (χ1n) is 6.60. The van der Waals surface area contributed by atoms with Gasteiger partial charge in [0.05, 0.1) is 18.0 Å². The summed E-state index contributed by atoms with van der Waals surface area (Å²) >= 11 is 1.65. The molecule has 0 aromatic carbocycles. The van der Waals surface area contributed by atoms with Gasteiger partial charge < -0.3 is 5.32 Å². The zero-order chi connectivity index (χ0) is 14.1. The van der Waals surface area contributed by atoms with Crippen LogP contribution in [-0.2, 0) is 6.54 Å². The maximum Gasteiger partial charge on any atom is 0.209 e. The van der Waals surface area contributed by atoms with Gasteiger partial charge in [-0.3, -0.25) is 0 Å². The number of nitrogens with zero attached hydrogens (tertiary/aromatic N) is 5. The monoisotopic (exact) mass is 282 g/mol. The lowest BCUT2D eigenvalue weighted by Crippen LogP contribution is -2.20. The molecule has 0 aliphatic heterocycles. The average Bonchev–Trinajstić information content (AvgIpc) is 2.83. The second-order valence-electron chi connectivity index (χ2n) is 4.99. The highest BCUT2D eigenvalue weighted by Crippen LogP contribution is 2.23. The summed E-state index contributed by atoms with van der Waals surface area (Å²) in [5.41, 5.74) is -0.239. The predicted octanol–water partition coefficient (Wildman–Crippen LogP) is 1.70. The molecule has 1 rings (SSSR count). The molecule has 0 unspecified atom stereocenters. The first-order chi connectivity index (χ1) is 9.09. The van der Waals surface area contributed by atoms with Gasteiger partial charge in [-0.2, -0.15) is 5.26 Å². The fourth-order valence-electron chi connectivity index (χ4n) is 1.54. The topological polar surface area (TPSA) is 79.4 Å². The van der Waals surface area contributed by atoms with Crippen molar-refractivity contribution in [3.05, 3.63) is 0 Å². The summed E-state index contributed by atoms with van der Waals surface area (Å²) in [6, 6.07) is 2.32. The molecule has 19 heavy (non-hydrogen) atoms. The molecule has 6 nitrogen and oxygen atoms in total. The smallest absolute Gasteiger partial charge is 0.209 e. The largest absolute Gasteiger partial charge is 0.315 e. The second kappa shape index (κ2) is 8.12. The third-order valence-electron chi connectivity index (χ3n) is 2.73. The van der Waals surface area contributed by atoms with Crippen LogP contribution < -0.4 is 5.32 Å². The molecule has 106 valence electrons. The average molecular weight is 282 g/mol. The van der Waals surface area contributed by atoms with E-state index >= 15 is 0 Å². The summed E-state index contributed by atoms with van der Waals surface area (Å²) in [5, 5.41) is 24.7. The summed E-state index contributed by atoms with van der Waals surface area (Å²) in [7, 11) is 0. The Bertz CT molecular complexity index is 409. The Morgan fingerprint density at radius 2 is 2.26 bits per heavy atom. The molecule has 0 fully saturated rings. The van der Waals surface area contributed by atoms with Crippen LogP contribution in [0.4, 0.5) is 0 Å². The number of hydrogen-bond acceptors (Lipinski definition) is 6. The van der Waals surface area contributed by atoms with E-state index in [9.17, 15) is 0 Å². The Hall–Kier alpha value is -1.13. The molecule has 0 aliphatic rings. The van der Waals surface area contributed by atoms with Crippen molar-refractivity contribution in [3.8, 4) is 6.07 Å². The molecule has 0 atom stereocenters. The molecule has 0 spiro atoms. The highest BCUT2D eigenvalue weighted by atomic mass is 32.2. The number of nitrogens with one attached hydrogen (secondary N) is 1. The Labute approximate surface area is 118 Å². The summed E-state index contributed by atoms with van der Waals surface area (Å²) in [4.78, 5) is 0. The van der Waals surface area contributed by atoms with E-state index in [1.807, 2.05) is 18.5 Å². The highest BCUT2D eigenvalue weighted by Gasteiger charge is 2.16. The van der Waals surface area contributed by atoms with Crippen molar-refractivity contribution in [2.45, 2.75) is 45.3 Å². The van der Waals surface area contributed by atoms with E-state index < -0.39 is 0 Å². The van der Waals surface area contributed by atoms with Crippen molar-refractivity contribution in [1.29, 1.82) is 5.26 Å². The lowest BCUT2D eigenvalue weighted by atomic mass is 9.90. The number of rotatable bonds is 9. The molecule has 0 saturated carbocycles. The van der Waals surface area contributed by atoms with Gasteiger partial charge in [-0.15, -0.1) is 5.10 Å². The van der Waals surface area contributed by atoms with Gasteiger partial charge in [0.2, 0.25) is 5.16 Å². The second-order valence-corrected chi connectivity index (χ2v) is 6.05. The Morgan fingerprint density at radius 1 is 1.47 bits per heavy atom. The SMILES string of the molecule is CCNCCn1nnnc1SCCCC(C)(C)C#N. The van der Waals surface area contributed by atoms with Crippen LogP contribution in [0.2, 0.25) is 0 Å². The maximum atomic E-state index is 8.94. The van der Waals surface area contributed by atoms with Gasteiger partial charge in [-0.25, -0.2) is 4.68 Å². The van der Waals surface area contributed by atoms with Crippen LogP contribution in [-0.4, -0.2) is 39.0 Å². The van der Waals surface area contributed by atoms with E-state index in [4.69, 9.17) is 5.26 Å². The third kappa shape index (κ3) is 6.03. The van der Waals surface area contributed by atoms with E-state index in [1.54, 1.807) is 11.8 Å². The van der Waals surface area contributed by atoms with Gasteiger partial charge in [-0.1, -0.05) is 18.7 Å². The van der Waals surface area contributed by atoms with Crippen LogP contribution in [0.25, 0.3) is 0 Å². The molecule has 1 heterocycles. The van der Waals surface area contributed by atoms with Crippen molar-refractivity contribution < 1.29 is 0 Å². The van der Waals surface area contributed by atoms with E-state index in [2.05, 4.69) is 33.8 Å². The highest BCUT2D eigenvalue weighted by molar-refractivity contribution is 7.99. The molecule has 1 aromatic rings. The molecule has 0 radical (unpaired) electrons. The fraction of sp³-hybridized carbons (Fsp3) is 0.833. The van der Waals surface area contributed by atoms with Crippen LogP contribution in [0.5, 0.6) is 0 Å². The minimum Gasteiger partial charge on any atom is -0.315 e. The number of aromatic nitrogens is 4. The van der Waals surface area contributed by atoms with E-state index in [1.165, 1.54) is 0 Å². The van der Waals surface area contributed by atoms with Gasteiger partial charge in [-0.05, 0) is 43.7 Å². The molecule has 0 bridgehead atoms. The molecular formula is C12H22N6S. The number of tetrazole rings is 1. The summed E-state index contributed by atoms with van der Waals surface area (Å²) in [5.74, 6) is 0.937. The van der Waals surface area contributed by atoms with Crippen LogP contribution in [0, 0.1) is 16.7 Å². The van der Waals surface area contributed by atoms with Gasteiger partial charge in [0.15, 0.2) is 0 Å². The standard InChI is InChI=1S/C12H22N6S/c1-4-14-7-8-18-11(15-16-17-18)19-9-5-6-12(2,3)10-13/h14H,4-9H2,1-3H3. The summed E-state index contributed by atoms with van der Waals surface area (Å²) < 4.78 is 1.82. The predicted molar refractivity (Wildman–Crippen MR) is 75.7 cm³/mol. The zero-order valence-corrected chi connectivity index (χ0v) is 12.7. The lowest BCUT2D eigenvalue weighted by Gasteiger charge is -2.13. The van der Waals surface area contributed by atoms with Gasteiger partial charge >= 0.3 is 0 Å². The quantitative estimate of drug-likeness (QED) is 0.548. The molecule has 0 aliphatic carbocycles. The third-order valence-corrected chi connectivity index (χ3v) is 3.77. The van der Waals surface area contributed by atoms with Crippen molar-refractivity contribution in [3.63, 3.8) is 0 Å². The van der Waals surface area contributed by atoms with Crippen LogP contribution in [0.15, 0.2) is 5.16 Å². The van der Waals surface area contributed by atoms with Crippen LogP contribution in [0.3, 0.4) is 0 Å². The van der Waals surface area contributed by atoms with Gasteiger partial charge in [0, 0.05) is 12.3 Å². The van der Waals surface area contributed by atoms with Gasteiger partial charge in [0.25, 0.3) is 0 Å². The molecule has 7 heteroatoms. The molecule has 0 amide bonds. The molecular weight excluding hydrogens is 260 g/mol. The maximum absolute atomic E-state index is 8.94. The number of thioether (sulfide) groups is 1. The summed E-state index contributed by atoms with van der Waals surface area (Å²) in [6.45, 7) is 8.62. The molecule has 1 aromatic heterocycles. The van der Waals surface area contributed by atoms with E-state index in [0.717, 1.165) is 43.4 Å². The molecule has 0 saturated heterocycles. The van der Waals surface area contributed by atoms with E-state index in [-0.39, 0.29) is 5.41 Å². The lowest BCUT2D eigenvalue weighted by molar-refractivity contribution is 0.447. The Balaban J connectivity index is 2.30. The first kappa shape index (κ1) is 15.9. The van der Waals surface area contributed by atoms with Crippen LogP contribution >= 0.6 is 11.8 Å². The number of nitriles is 1. The van der Waals surface area contributed by atoms with Crippen molar-refractivity contribution in [2.75, 3.05) is 18.8 Å². The van der Waals surface area contributed by atoms with Crippen LogP contribution in [0.1, 0.15) is 33.6 Å². The Kier molecular flexibility index (Phi) is 6.81. The van der Waals surface area contributed by atoms with Crippen molar-refractivity contribution in [2.24, 2.45) is 5.41 Å². The summed E-state index contributed by atoms with van der Waals surface area (Å²) in [6.07, 6.45) is 1.89. The van der Waals surface area contributed by atoms with Crippen molar-refractivity contribution in [1.82, 2.24) is 25.5 Å². The number of hydrogen-bond donors (Lipinski definition) is 1. The normalized spacial score (nSPS) is 11.5. The first-order valence-corrected chi connectivity index (χ1v) is 7.58. The molecule has 1 N–H and O–H groups in total. The fourth-order valence-corrected chi connectivity index (χ4v) is 2.38. The number of likely N-dealkylation sites (N-methyl/N-ethyl adjacent to an activating group) is 1. The Morgan fingerprint density at radius 3 is 2.95 bits per heavy atom. The van der Waals surface area contributed by atoms with Gasteiger partial charge in [0.1, 0.15) is 0 Å².